The molecule has 0 unspecified atom stereocenters. The predicted molar refractivity (Wildman–Crippen MR) is 63.4 cm³/mol. The molecule has 1 fully saturated rings. The average molecular weight is 310 g/mol. The Morgan fingerprint density at radius 2 is 1.86 bits per heavy atom. The largest absolute Gasteiger partial charge is 0.382 e. The fraction of sp³-hybridized carbons (Fsp3) is 0.769. The Hall–Kier alpha value is -1.18. The Balaban J connectivity index is 2.00. The van der Waals surface area contributed by atoms with Gasteiger partial charge in [0.25, 0.3) is 0 Å². The number of aliphatic hydroxyl groups excluding tert-OH is 1. The molecule has 1 aromatic heterocycles. The number of nitrogens with zero attached hydrogens (tertiary/aromatic N) is 2. The summed E-state index contributed by atoms with van der Waals surface area (Å²) in [6.07, 6.45) is -8.34. The van der Waals surface area contributed by atoms with Crippen LogP contribution in [-0.2, 0) is 0 Å². The average Bonchev–Trinajstić information content (AvgIpc) is 2.84. The maximum absolute atomic E-state index is 14.0. The van der Waals surface area contributed by atoms with Gasteiger partial charge in [-0.1, -0.05) is 0 Å². The van der Waals surface area contributed by atoms with Gasteiger partial charge < -0.3 is 5.11 Å². The van der Waals surface area contributed by atoms with E-state index in [-0.39, 0.29) is 30.5 Å². The van der Waals surface area contributed by atoms with Gasteiger partial charge in [0.15, 0.2) is 0 Å². The molecular formula is C13H15F5N2O. The number of fused-ring (bicyclic) bond motifs is 1. The van der Waals surface area contributed by atoms with Gasteiger partial charge in [0.1, 0.15) is 18.4 Å². The van der Waals surface area contributed by atoms with E-state index in [1.165, 1.54) is 6.92 Å². The van der Waals surface area contributed by atoms with E-state index in [2.05, 4.69) is 5.10 Å². The Kier molecular flexibility index (Phi) is 3.27. The fourth-order valence-corrected chi connectivity index (χ4v) is 3.24. The van der Waals surface area contributed by atoms with Crippen LogP contribution in [0.2, 0.25) is 0 Å². The van der Waals surface area contributed by atoms with Crippen molar-refractivity contribution in [2.45, 2.75) is 62.8 Å². The molecule has 0 radical (unpaired) electrons. The van der Waals surface area contributed by atoms with E-state index in [1.54, 1.807) is 0 Å². The summed E-state index contributed by atoms with van der Waals surface area (Å²) in [4.78, 5) is 0. The minimum absolute atomic E-state index is 0.0601. The standard InChI is InChI=1S/C13H15F5N2O/c1-5-9-10(11(16)13(17,18)12(9)21)20(19-5)6-2-3-7(14)8(15)4-6/h6-8,11-12,21H,2-4H2,1H3/t6-,7-,8+,11-,12-/m0/s1. The van der Waals surface area contributed by atoms with Crippen LogP contribution in [0.5, 0.6) is 0 Å². The number of rotatable bonds is 1. The molecule has 1 aromatic rings. The number of alkyl halides is 5. The minimum atomic E-state index is -3.92. The number of hydrogen-bond donors (Lipinski definition) is 1. The van der Waals surface area contributed by atoms with Gasteiger partial charge in [0, 0.05) is 12.0 Å². The highest BCUT2D eigenvalue weighted by Crippen LogP contribution is 2.54. The summed E-state index contributed by atoms with van der Waals surface area (Å²) >= 11 is 0. The van der Waals surface area contributed by atoms with Gasteiger partial charge in [0.2, 0.25) is 6.17 Å². The first-order chi connectivity index (χ1) is 9.75. The maximum atomic E-state index is 14.0. The number of aryl methyl sites for hydroxylation is 1. The van der Waals surface area contributed by atoms with Crippen LogP contribution >= 0.6 is 0 Å². The molecule has 3 rings (SSSR count). The molecule has 1 heterocycles. The number of aromatic nitrogens is 2. The van der Waals surface area contributed by atoms with Crippen LogP contribution in [0.15, 0.2) is 0 Å². The summed E-state index contributed by atoms with van der Waals surface area (Å²) in [6, 6.07) is -0.672. The molecule has 3 nitrogen and oxygen atoms in total. The Morgan fingerprint density at radius 3 is 2.48 bits per heavy atom. The molecule has 0 aromatic carbocycles. The van der Waals surface area contributed by atoms with Gasteiger partial charge >= 0.3 is 5.92 Å². The lowest BCUT2D eigenvalue weighted by Crippen LogP contribution is -2.31. The lowest BCUT2D eigenvalue weighted by atomic mass is 9.92. The lowest BCUT2D eigenvalue weighted by molar-refractivity contribution is -0.145. The zero-order valence-corrected chi connectivity index (χ0v) is 11.2. The fourth-order valence-electron chi connectivity index (χ4n) is 3.24. The second kappa shape index (κ2) is 4.66. The van der Waals surface area contributed by atoms with Crippen molar-refractivity contribution in [2.75, 3.05) is 0 Å². The number of halogens is 5. The van der Waals surface area contributed by atoms with E-state index in [9.17, 15) is 27.1 Å². The Bertz CT molecular complexity index is 561. The summed E-state index contributed by atoms with van der Waals surface area (Å²) in [6.45, 7) is 1.39. The van der Waals surface area contributed by atoms with Crippen molar-refractivity contribution >= 4 is 0 Å². The first-order valence-electron chi connectivity index (χ1n) is 6.82. The van der Waals surface area contributed by atoms with Crippen molar-refractivity contribution in [1.82, 2.24) is 9.78 Å². The smallest absolute Gasteiger partial charge is 0.313 e. The predicted octanol–water partition coefficient (Wildman–Crippen LogP) is 3.29. The van der Waals surface area contributed by atoms with E-state index in [4.69, 9.17) is 0 Å². The molecule has 118 valence electrons. The molecule has 2 aliphatic carbocycles. The van der Waals surface area contributed by atoms with Crippen LogP contribution in [0, 0.1) is 6.92 Å². The van der Waals surface area contributed by atoms with Crippen molar-refractivity contribution in [2.24, 2.45) is 0 Å². The third kappa shape index (κ3) is 1.98. The van der Waals surface area contributed by atoms with Crippen molar-refractivity contribution in [3.05, 3.63) is 17.0 Å². The third-order valence-corrected chi connectivity index (χ3v) is 4.40. The van der Waals surface area contributed by atoms with Crippen LogP contribution in [-0.4, -0.2) is 33.2 Å². The van der Waals surface area contributed by atoms with Gasteiger partial charge in [-0.2, -0.15) is 13.9 Å². The Labute approximate surface area is 117 Å². The van der Waals surface area contributed by atoms with Crippen LogP contribution in [0.25, 0.3) is 0 Å². The molecule has 0 bridgehead atoms. The van der Waals surface area contributed by atoms with Crippen LogP contribution in [0.3, 0.4) is 0 Å². The summed E-state index contributed by atoms with van der Waals surface area (Å²) in [7, 11) is 0. The van der Waals surface area contributed by atoms with E-state index in [0.29, 0.717) is 0 Å². The van der Waals surface area contributed by atoms with Gasteiger partial charge in [-0.25, -0.2) is 13.2 Å². The normalized spacial score (nSPS) is 38.5. The van der Waals surface area contributed by atoms with Gasteiger partial charge in [-0.05, 0) is 19.8 Å². The first-order valence-corrected chi connectivity index (χ1v) is 6.82. The van der Waals surface area contributed by atoms with E-state index in [0.717, 1.165) is 4.68 Å². The van der Waals surface area contributed by atoms with Gasteiger partial charge in [-0.15, -0.1) is 0 Å². The highest BCUT2D eigenvalue weighted by Gasteiger charge is 2.59. The molecule has 2 aliphatic rings. The van der Waals surface area contributed by atoms with Crippen molar-refractivity contribution in [3.8, 4) is 0 Å². The minimum Gasteiger partial charge on any atom is -0.382 e. The number of aliphatic hydroxyl groups is 1. The molecule has 21 heavy (non-hydrogen) atoms. The van der Waals surface area contributed by atoms with Crippen molar-refractivity contribution < 1.29 is 27.1 Å². The topological polar surface area (TPSA) is 38.0 Å². The maximum Gasteiger partial charge on any atom is 0.313 e. The number of hydrogen-bond acceptors (Lipinski definition) is 2. The molecule has 5 atom stereocenters. The third-order valence-electron chi connectivity index (χ3n) is 4.40. The molecule has 0 aliphatic heterocycles. The lowest BCUT2D eigenvalue weighted by Gasteiger charge is -2.29. The molecule has 0 amide bonds. The molecule has 0 saturated heterocycles. The second-order valence-corrected chi connectivity index (χ2v) is 5.77. The summed E-state index contributed by atoms with van der Waals surface area (Å²) in [5, 5.41) is 13.6. The summed E-state index contributed by atoms with van der Waals surface area (Å²) in [5.41, 5.74) is -0.542. The van der Waals surface area contributed by atoms with Crippen LogP contribution in [0.1, 0.15) is 54.5 Å². The van der Waals surface area contributed by atoms with Crippen molar-refractivity contribution in [3.63, 3.8) is 0 Å². The monoisotopic (exact) mass is 310 g/mol. The SMILES string of the molecule is Cc1nn([C@H]2CC[C@H](F)[C@H](F)C2)c2c1[C@H](O)C(F)(F)[C@H]2F. The molecule has 0 spiro atoms. The van der Waals surface area contributed by atoms with E-state index in [1.807, 2.05) is 0 Å². The highest BCUT2D eigenvalue weighted by molar-refractivity contribution is 5.38. The molecule has 1 saturated carbocycles. The summed E-state index contributed by atoms with van der Waals surface area (Å²) < 4.78 is 68.9. The van der Waals surface area contributed by atoms with Crippen molar-refractivity contribution in [1.29, 1.82) is 0 Å². The first kappa shape index (κ1) is 14.7. The van der Waals surface area contributed by atoms with Gasteiger partial charge in [-0.3, -0.25) is 4.68 Å². The quantitative estimate of drug-likeness (QED) is 0.808. The highest BCUT2D eigenvalue weighted by atomic mass is 19.3. The molecule has 1 N–H and O–H groups in total. The second-order valence-electron chi connectivity index (χ2n) is 5.77. The zero-order chi connectivity index (χ0) is 15.5. The van der Waals surface area contributed by atoms with Gasteiger partial charge in [0.05, 0.1) is 17.4 Å². The van der Waals surface area contributed by atoms with E-state index >= 15 is 0 Å². The summed E-state index contributed by atoms with van der Waals surface area (Å²) in [5.74, 6) is -3.92. The van der Waals surface area contributed by atoms with Crippen LogP contribution < -0.4 is 0 Å². The molecular weight excluding hydrogens is 295 g/mol. The van der Waals surface area contributed by atoms with Crippen LogP contribution in [0.4, 0.5) is 22.0 Å². The van der Waals surface area contributed by atoms with E-state index < -0.39 is 42.3 Å². The zero-order valence-electron chi connectivity index (χ0n) is 11.2. The Morgan fingerprint density at radius 1 is 1.19 bits per heavy atom. The molecule has 8 heteroatoms.